The van der Waals surface area contributed by atoms with Crippen molar-refractivity contribution in [3.05, 3.63) is 47.8 Å². The van der Waals surface area contributed by atoms with Crippen LogP contribution in [0, 0.1) is 0 Å². The number of aromatic nitrogens is 1. The molecule has 3 heterocycles. The van der Waals surface area contributed by atoms with Gasteiger partial charge in [-0.3, -0.25) is 4.79 Å². The Morgan fingerprint density at radius 3 is 2.86 bits per heavy atom. The van der Waals surface area contributed by atoms with E-state index < -0.39 is 0 Å². The Kier molecular flexibility index (Phi) is 5.79. The number of methoxy groups -OCH3 is 1. The van der Waals surface area contributed by atoms with Crippen LogP contribution in [0.1, 0.15) is 43.0 Å². The third-order valence-corrected chi connectivity index (χ3v) is 5.63. The first kappa shape index (κ1) is 19.4. The molecule has 6 heteroatoms. The van der Waals surface area contributed by atoms with Gasteiger partial charge in [-0.15, -0.1) is 0 Å². The molecule has 0 N–H and O–H groups in total. The third-order valence-electron chi connectivity index (χ3n) is 5.63. The molecule has 2 aliphatic rings. The van der Waals surface area contributed by atoms with Gasteiger partial charge in [-0.2, -0.15) is 0 Å². The van der Waals surface area contributed by atoms with Crippen LogP contribution in [0.25, 0.3) is 6.08 Å². The molecular formula is C23H28N2O4. The second-order valence-electron chi connectivity index (χ2n) is 7.52. The average molecular weight is 396 g/mol. The lowest BCUT2D eigenvalue weighted by Gasteiger charge is -2.29. The summed E-state index contributed by atoms with van der Waals surface area (Å²) >= 11 is 0. The Morgan fingerprint density at radius 2 is 2.07 bits per heavy atom. The minimum absolute atomic E-state index is 0.0342. The Labute approximate surface area is 171 Å². The standard InChI is InChI=1S/C23H28N2O4/c1-24-11-6-8-18(24)19-7-4-3-5-12-25(19)22(26)10-9-17-15-20(27-2)23-21(16-17)28-13-14-29-23/h6,8-11,15-16,19H,3-5,7,12-14H2,1-2H3/b10-9+. The Bertz CT molecular complexity index is 885. The van der Waals surface area contributed by atoms with Gasteiger partial charge in [-0.1, -0.05) is 12.8 Å². The zero-order chi connectivity index (χ0) is 20.2. The van der Waals surface area contributed by atoms with Crippen LogP contribution < -0.4 is 14.2 Å². The number of carbonyl (C=O) groups is 1. The average Bonchev–Trinajstić information content (AvgIpc) is 3.02. The van der Waals surface area contributed by atoms with Crippen molar-refractivity contribution in [3.8, 4) is 17.2 Å². The molecule has 4 rings (SSSR count). The molecule has 154 valence electrons. The topological polar surface area (TPSA) is 52.9 Å². The second-order valence-corrected chi connectivity index (χ2v) is 7.52. The van der Waals surface area contributed by atoms with Gasteiger partial charge in [0.25, 0.3) is 0 Å². The molecule has 1 aromatic carbocycles. The zero-order valence-corrected chi connectivity index (χ0v) is 17.1. The lowest BCUT2D eigenvalue weighted by atomic mass is 10.1. The lowest BCUT2D eigenvalue weighted by molar-refractivity contribution is -0.128. The summed E-state index contributed by atoms with van der Waals surface area (Å²) in [6, 6.07) is 8.03. The Hall–Kier alpha value is -2.89. The van der Waals surface area contributed by atoms with Crippen LogP contribution in [-0.2, 0) is 11.8 Å². The molecule has 0 saturated carbocycles. The summed E-state index contributed by atoms with van der Waals surface area (Å²) in [5.74, 6) is 1.93. The fourth-order valence-electron chi connectivity index (χ4n) is 4.15. The van der Waals surface area contributed by atoms with Crippen LogP contribution in [0.4, 0.5) is 0 Å². The molecule has 1 aromatic heterocycles. The number of fused-ring (bicyclic) bond motifs is 1. The molecule has 0 spiro atoms. The maximum atomic E-state index is 13.1. The van der Waals surface area contributed by atoms with E-state index in [9.17, 15) is 4.79 Å². The van der Waals surface area contributed by atoms with Gasteiger partial charge in [0.15, 0.2) is 11.5 Å². The SMILES string of the molecule is COc1cc(/C=C/C(=O)N2CCCCCC2c2cccn2C)cc2c1OCCO2. The third kappa shape index (κ3) is 4.11. The summed E-state index contributed by atoms with van der Waals surface area (Å²) in [5, 5.41) is 0. The maximum absolute atomic E-state index is 13.1. The van der Waals surface area contributed by atoms with E-state index in [0.717, 1.165) is 37.8 Å². The van der Waals surface area contributed by atoms with E-state index in [2.05, 4.69) is 10.6 Å². The van der Waals surface area contributed by atoms with Crippen molar-refractivity contribution in [2.24, 2.45) is 7.05 Å². The zero-order valence-electron chi connectivity index (χ0n) is 17.1. The fraction of sp³-hybridized carbons (Fsp3) is 0.435. The van der Waals surface area contributed by atoms with Crippen LogP contribution in [0.3, 0.4) is 0 Å². The molecule has 0 radical (unpaired) electrons. The number of rotatable bonds is 4. The highest BCUT2D eigenvalue weighted by Crippen LogP contribution is 2.40. The lowest BCUT2D eigenvalue weighted by Crippen LogP contribution is -2.34. The van der Waals surface area contributed by atoms with E-state index in [4.69, 9.17) is 14.2 Å². The molecule has 1 atom stereocenters. The predicted octanol–water partition coefficient (Wildman–Crippen LogP) is 3.96. The molecule has 2 aliphatic heterocycles. The molecule has 1 unspecified atom stereocenters. The monoisotopic (exact) mass is 396 g/mol. The van der Waals surface area contributed by atoms with Gasteiger partial charge >= 0.3 is 0 Å². The Balaban J connectivity index is 1.57. The van der Waals surface area contributed by atoms with Crippen molar-refractivity contribution in [1.29, 1.82) is 0 Å². The van der Waals surface area contributed by atoms with E-state index in [1.165, 1.54) is 5.69 Å². The van der Waals surface area contributed by atoms with Crippen molar-refractivity contribution < 1.29 is 19.0 Å². The van der Waals surface area contributed by atoms with Crippen LogP contribution >= 0.6 is 0 Å². The number of nitrogens with zero attached hydrogens (tertiary/aromatic N) is 2. The van der Waals surface area contributed by atoms with Crippen LogP contribution in [-0.4, -0.2) is 42.2 Å². The smallest absolute Gasteiger partial charge is 0.247 e. The van der Waals surface area contributed by atoms with Gasteiger partial charge in [-0.05, 0) is 48.7 Å². The maximum Gasteiger partial charge on any atom is 0.247 e. The quantitative estimate of drug-likeness (QED) is 0.734. The number of likely N-dealkylation sites (tertiary alicyclic amines) is 1. The van der Waals surface area contributed by atoms with Crippen molar-refractivity contribution in [1.82, 2.24) is 9.47 Å². The summed E-state index contributed by atoms with van der Waals surface area (Å²) in [7, 11) is 3.65. The van der Waals surface area contributed by atoms with Crippen LogP contribution in [0.5, 0.6) is 17.2 Å². The van der Waals surface area contributed by atoms with Gasteiger partial charge in [-0.25, -0.2) is 0 Å². The summed E-state index contributed by atoms with van der Waals surface area (Å²) in [6.07, 6.45) is 9.87. The molecule has 1 fully saturated rings. The van der Waals surface area contributed by atoms with E-state index in [1.54, 1.807) is 13.2 Å². The Morgan fingerprint density at radius 1 is 1.21 bits per heavy atom. The molecule has 29 heavy (non-hydrogen) atoms. The highest BCUT2D eigenvalue weighted by atomic mass is 16.6. The van der Waals surface area contributed by atoms with E-state index in [-0.39, 0.29) is 11.9 Å². The number of carbonyl (C=O) groups excluding carboxylic acids is 1. The van der Waals surface area contributed by atoms with E-state index in [0.29, 0.717) is 30.5 Å². The minimum Gasteiger partial charge on any atom is -0.493 e. The van der Waals surface area contributed by atoms with Gasteiger partial charge < -0.3 is 23.7 Å². The first-order chi connectivity index (χ1) is 14.2. The first-order valence-electron chi connectivity index (χ1n) is 10.2. The summed E-state index contributed by atoms with van der Waals surface area (Å²) in [6.45, 7) is 1.80. The molecule has 1 amide bonds. The van der Waals surface area contributed by atoms with Gasteiger partial charge in [0.1, 0.15) is 13.2 Å². The van der Waals surface area contributed by atoms with Crippen LogP contribution in [0.2, 0.25) is 0 Å². The van der Waals surface area contributed by atoms with Crippen molar-refractivity contribution >= 4 is 12.0 Å². The summed E-state index contributed by atoms with van der Waals surface area (Å²) in [5.41, 5.74) is 2.04. The van der Waals surface area contributed by atoms with Crippen molar-refractivity contribution in [2.45, 2.75) is 31.7 Å². The molecule has 1 saturated heterocycles. The van der Waals surface area contributed by atoms with Gasteiger partial charge in [0.2, 0.25) is 11.7 Å². The highest BCUT2D eigenvalue weighted by Gasteiger charge is 2.27. The largest absolute Gasteiger partial charge is 0.493 e. The highest BCUT2D eigenvalue weighted by molar-refractivity contribution is 5.92. The number of ether oxygens (including phenoxy) is 3. The molecule has 2 aromatic rings. The van der Waals surface area contributed by atoms with Crippen molar-refractivity contribution in [3.63, 3.8) is 0 Å². The molecule has 6 nitrogen and oxygen atoms in total. The van der Waals surface area contributed by atoms with Crippen LogP contribution in [0.15, 0.2) is 36.5 Å². The van der Waals surface area contributed by atoms with E-state index >= 15 is 0 Å². The minimum atomic E-state index is 0.0342. The normalized spacial score (nSPS) is 19.2. The predicted molar refractivity (Wildman–Crippen MR) is 111 cm³/mol. The van der Waals surface area contributed by atoms with Gasteiger partial charge in [0, 0.05) is 31.6 Å². The second kappa shape index (κ2) is 8.64. The first-order valence-corrected chi connectivity index (χ1v) is 10.2. The fourth-order valence-corrected chi connectivity index (χ4v) is 4.15. The van der Waals surface area contributed by atoms with Gasteiger partial charge in [0.05, 0.1) is 13.2 Å². The number of aryl methyl sites for hydroxylation is 1. The molecule has 0 bridgehead atoms. The van der Waals surface area contributed by atoms with Crippen molar-refractivity contribution in [2.75, 3.05) is 26.9 Å². The summed E-state index contributed by atoms with van der Waals surface area (Å²) in [4.78, 5) is 15.1. The molecule has 0 aliphatic carbocycles. The number of hydrogen-bond acceptors (Lipinski definition) is 4. The number of benzene rings is 1. The number of hydrogen-bond donors (Lipinski definition) is 0. The molecular weight excluding hydrogens is 368 g/mol. The summed E-state index contributed by atoms with van der Waals surface area (Å²) < 4.78 is 18.9. The van der Waals surface area contributed by atoms with E-state index in [1.807, 2.05) is 42.4 Å². The number of amides is 1.